The van der Waals surface area contributed by atoms with Crippen LogP contribution in [0.4, 0.5) is 0 Å². The minimum absolute atomic E-state index is 0.0558. The first-order valence-electron chi connectivity index (χ1n) is 9.87. The molecule has 1 atom stereocenters. The number of carbonyl (C=O) groups is 1. The smallest absolute Gasteiger partial charge is 0.253 e. The van der Waals surface area contributed by atoms with Gasteiger partial charge in [0.2, 0.25) is 0 Å². The largest absolute Gasteiger partial charge is 0.383 e. The van der Waals surface area contributed by atoms with Crippen LogP contribution in [0.25, 0.3) is 0 Å². The van der Waals surface area contributed by atoms with Crippen molar-refractivity contribution in [3.63, 3.8) is 0 Å². The summed E-state index contributed by atoms with van der Waals surface area (Å²) >= 11 is 3.46. The summed E-state index contributed by atoms with van der Waals surface area (Å²) in [5.41, 5.74) is 1.72. The van der Waals surface area contributed by atoms with Crippen LogP contribution in [0.15, 0.2) is 53.3 Å². The Balaban J connectivity index is 1.69. The van der Waals surface area contributed by atoms with Gasteiger partial charge in [-0.3, -0.25) is 14.7 Å². The van der Waals surface area contributed by atoms with Gasteiger partial charge in [-0.05, 0) is 53.2 Å². The highest BCUT2D eigenvalue weighted by atomic mass is 79.9. The van der Waals surface area contributed by atoms with E-state index in [1.807, 2.05) is 18.2 Å². The van der Waals surface area contributed by atoms with E-state index in [4.69, 9.17) is 4.74 Å². The Morgan fingerprint density at radius 2 is 2.07 bits per heavy atom. The first-order chi connectivity index (χ1) is 13.7. The minimum atomic E-state index is -0.0699. The molecule has 1 N–H and O–H groups in total. The third-order valence-electron chi connectivity index (χ3n) is 6.33. The number of pyridine rings is 1. The van der Waals surface area contributed by atoms with Crippen LogP contribution < -0.4 is 5.32 Å². The summed E-state index contributed by atoms with van der Waals surface area (Å²) < 4.78 is 6.09. The van der Waals surface area contributed by atoms with Gasteiger partial charge >= 0.3 is 0 Å². The molecule has 1 aromatic heterocycles. The molecule has 2 bridgehead atoms. The molecule has 0 saturated carbocycles. The van der Waals surface area contributed by atoms with Crippen LogP contribution >= 0.6 is 15.9 Å². The number of nitrogens with one attached hydrogen (secondary N) is 1. The number of benzene rings is 1. The van der Waals surface area contributed by atoms with E-state index in [9.17, 15) is 4.79 Å². The molecule has 2 aliphatic heterocycles. The Bertz CT molecular complexity index is 822. The fourth-order valence-corrected chi connectivity index (χ4v) is 5.49. The lowest BCUT2D eigenvalue weighted by Crippen LogP contribution is -2.53. The summed E-state index contributed by atoms with van der Waals surface area (Å²) in [4.78, 5) is 19.9. The van der Waals surface area contributed by atoms with Crippen LogP contribution in [-0.2, 0) is 4.74 Å². The third-order valence-corrected chi connectivity index (χ3v) is 6.96. The molecule has 0 spiro atoms. The van der Waals surface area contributed by atoms with E-state index in [0.717, 1.165) is 24.9 Å². The predicted octanol–water partition coefficient (Wildman–Crippen LogP) is 3.96. The number of hydrogen-bond donors (Lipinski definition) is 1. The summed E-state index contributed by atoms with van der Waals surface area (Å²) in [5, 5.41) is 3.38. The van der Waals surface area contributed by atoms with E-state index < -0.39 is 0 Å². The molecule has 4 rings (SSSR count). The fraction of sp³-hybridized carbons (Fsp3) is 0.455. The number of ether oxygens (including phenoxy) is 1. The molecule has 3 heterocycles. The van der Waals surface area contributed by atoms with Crippen LogP contribution in [0.3, 0.4) is 0 Å². The van der Waals surface area contributed by atoms with Gasteiger partial charge in [0.25, 0.3) is 5.91 Å². The van der Waals surface area contributed by atoms with E-state index >= 15 is 0 Å². The third kappa shape index (κ3) is 3.49. The van der Waals surface area contributed by atoms with Crippen molar-refractivity contribution in [3.05, 3.63) is 64.4 Å². The molecular weight excluding hydrogens is 418 g/mol. The zero-order chi connectivity index (χ0) is 19.6. The predicted molar refractivity (Wildman–Crippen MR) is 112 cm³/mol. The van der Waals surface area contributed by atoms with Crippen LogP contribution in [0, 0.1) is 0 Å². The average molecular weight is 444 g/mol. The normalized spacial score (nSPS) is 25.0. The van der Waals surface area contributed by atoms with Gasteiger partial charge in [0.15, 0.2) is 0 Å². The van der Waals surface area contributed by atoms with Crippen molar-refractivity contribution in [3.8, 4) is 0 Å². The highest BCUT2D eigenvalue weighted by molar-refractivity contribution is 9.10. The molecule has 5 nitrogen and oxygen atoms in total. The first-order valence-corrected chi connectivity index (χ1v) is 10.7. The molecule has 148 valence electrons. The molecule has 28 heavy (non-hydrogen) atoms. The van der Waals surface area contributed by atoms with E-state index in [0.29, 0.717) is 22.7 Å². The maximum absolute atomic E-state index is 13.2. The number of methoxy groups -OCH3 is 1. The van der Waals surface area contributed by atoms with E-state index in [1.165, 1.54) is 12.8 Å². The van der Waals surface area contributed by atoms with Crippen LogP contribution in [0.1, 0.15) is 47.6 Å². The van der Waals surface area contributed by atoms with Crippen molar-refractivity contribution in [1.82, 2.24) is 15.2 Å². The van der Waals surface area contributed by atoms with Crippen molar-refractivity contribution < 1.29 is 9.53 Å². The SMILES string of the molecule is COCCN1C2CCC1(C(NC(=O)c1ccncc1Br)c1ccccc1)CC2. The van der Waals surface area contributed by atoms with Gasteiger partial charge in [-0.2, -0.15) is 0 Å². The standard InChI is InChI=1S/C22H26BrN3O2/c1-28-14-13-26-17-7-10-22(26,11-8-17)20(16-5-3-2-4-6-16)25-21(27)18-9-12-24-15-19(18)23/h2-6,9,12,15,17,20H,7-8,10-11,13-14H2,1H3,(H,25,27). The zero-order valence-corrected chi connectivity index (χ0v) is 17.7. The molecular formula is C22H26BrN3O2. The topological polar surface area (TPSA) is 54.5 Å². The van der Waals surface area contributed by atoms with Crippen molar-refractivity contribution in [1.29, 1.82) is 0 Å². The Kier molecular flexibility index (Phi) is 5.80. The second-order valence-electron chi connectivity index (χ2n) is 7.69. The van der Waals surface area contributed by atoms with Gasteiger partial charge in [-0.1, -0.05) is 30.3 Å². The highest BCUT2D eigenvalue weighted by Gasteiger charge is 2.56. The van der Waals surface area contributed by atoms with E-state index in [1.54, 1.807) is 25.6 Å². The number of carbonyl (C=O) groups excluding carboxylic acids is 1. The summed E-state index contributed by atoms with van der Waals surface area (Å²) in [7, 11) is 1.75. The first kappa shape index (κ1) is 19.6. The lowest BCUT2D eigenvalue weighted by molar-refractivity contribution is 0.0638. The van der Waals surface area contributed by atoms with E-state index in [2.05, 4.69) is 43.3 Å². The summed E-state index contributed by atoms with van der Waals surface area (Å²) in [5.74, 6) is -0.0699. The Morgan fingerprint density at radius 3 is 2.75 bits per heavy atom. The number of aromatic nitrogens is 1. The Morgan fingerprint density at radius 1 is 1.32 bits per heavy atom. The number of rotatable bonds is 7. The molecule has 1 unspecified atom stereocenters. The number of amides is 1. The molecule has 2 aliphatic rings. The van der Waals surface area contributed by atoms with Gasteiger partial charge in [0.05, 0.1) is 18.2 Å². The average Bonchev–Trinajstić information content (AvgIpc) is 3.26. The maximum Gasteiger partial charge on any atom is 0.253 e. The lowest BCUT2D eigenvalue weighted by atomic mass is 9.78. The quantitative estimate of drug-likeness (QED) is 0.703. The van der Waals surface area contributed by atoms with Crippen LogP contribution in [0.2, 0.25) is 0 Å². The van der Waals surface area contributed by atoms with E-state index in [-0.39, 0.29) is 17.5 Å². The second-order valence-corrected chi connectivity index (χ2v) is 8.55. The zero-order valence-electron chi connectivity index (χ0n) is 16.1. The van der Waals surface area contributed by atoms with Gasteiger partial charge < -0.3 is 10.1 Å². The molecule has 2 aromatic rings. The molecule has 2 saturated heterocycles. The molecule has 0 radical (unpaired) electrons. The second kappa shape index (κ2) is 8.31. The number of nitrogens with zero attached hydrogens (tertiary/aromatic N) is 2. The highest BCUT2D eigenvalue weighted by Crippen LogP contribution is 2.52. The molecule has 6 heteroatoms. The van der Waals surface area contributed by atoms with Gasteiger partial charge in [-0.15, -0.1) is 0 Å². The van der Waals surface area contributed by atoms with Crippen molar-refractivity contribution in [2.24, 2.45) is 0 Å². The van der Waals surface area contributed by atoms with Gasteiger partial charge in [-0.25, -0.2) is 0 Å². The maximum atomic E-state index is 13.2. The lowest BCUT2D eigenvalue weighted by Gasteiger charge is -2.42. The molecule has 2 fully saturated rings. The molecule has 1 aromatic carbocycles. The van der Waals surface area contributed by atoms with Crippen molar-refractivity contribution >= 4 is 21.8 Å². The van der Waals surface area contributed by atoms with Crippen molar-refractivity contribution in [2.45, 2.75) is 43.3 Å². The Hall–Kier alpha value is -1.76. The molecule has 1 amide bonds. The number of halogens is 1. The Labute approximate surface area is 174 Å². The van der Waals surface area contributed by atoms with Crippen molar-refractivity contribution in [2.75, 3.05) is 20.3 Å². The fourth-order valence-electron chi connectivity index (χ4n) is 5.06. The number of fused-ring (bicyclic) bond motifs is 2. The monoisotopic (exact) mass is 443 g/mol. The van der Waals surface area contributed by atoms with Crippen LogP contribution in [-0.4, -0.2) is 47.6 Å². The van der Waals surface area contributed by atoms with Crippen LogP contribution in [0.5, 0.6) is 0 Å². The minimum Gasteiger partial charge on any atom is -0.383 e. The summed E-state index contributed by atoms with van der Waals surface area (Å²) in [6.45, 7) is 1.61. The summed E-state index contributed by atoms with van der Waals surface area (Å²) in [6, 6.07) is 12.7. The van der Waals surface area contributed by atoms with Gasteiger partial charge in [0.1, 0.15) is 0 Å². The van der Waals surface area contributed by atoms with Gasteiger partial charge in [0, 0.05) is 42.1 Å². The molecule has 0 aliphatic carbocycles. The number of hydrogen-bond acceptors (Lipinski definition) is 4. The summed E-state index contributed by atoms with van der Waals surface area (Å²) in [6.07, 6.45) is 7.87.